The van der Waals surface area contributed by atoms with Crippen LogP contribution in [0, 0.1) is 11.3 Å². The number of nitriles is 1. The van der Waals surface area contributed by atoms with E-state index in [0.717, 1.165) is 19.3 Å². The van der Waals surface area contributed by atoms with Crippen LogP contribution < -0.4 is 0 Å². The molecule has 0 bridgehead atoms. The maximum absolute atomic E-state index is 12.5. The Bertz CT molecular complexity index is 532. The molecule has 1 heterocycles. The highest BCUT2D eigenvalue weighted by atomic mass is 16.2. The zero-order chi connectivity index (χ0) is 15.8. The molecular formula is C18H24N2O. The predicted octanol–water partition coefficient (Wildman–Crippen LogP) is 3.92. The van der Waals surface area contributed by atoms with E-state index in [1.54, 1.807) is 19.1 Å². The van der Waals surface area contributed by atoms with Crippen LogP contribution in [0.25, 0.3) is 0 Å². The van der Waals surface area contributed by atoms with E-state index in [4.69, 9.17) is 5.26 Å². The Labute approximate surface area is 127 Å². The molecule has 0 aromatic heterocycles. The van der Waals surface area contributed by atoms with Crippen LogP contribution in [0.2, 0.25) is 0 Å². The maximum atomic E-state index is 12.5. The van der Waals surface area contributed by atoms with Crippen LogP contribution in [0.15, 0.2) is 47.6 Å². The Balaban J connectivity index is 3.12. The first-order valence-electron chi connectivity index (χ1n) is 7.46. The van der Waals surface area contributed by atoms with Gasteiger partial charge in [-0.1, -0.05) is 44.2 Å². The van der Waals surface area contributed by atoms with Gasteiger partial charge in [-0.2, -0.15) is 5.26 Å². The first kappa shape index (κ1) is 17.0. The van der Waals surface area contributed by atoms with Gasteiger partial charge in [-0.05, 0) is 37.8 Å². The molecule has 1 atom stereocenters. The molecule has 1 unspecified atom stereocenters. The molecule has 1 rings (SSSR count). The summed E-state index contributed by atoms with van der Waals surface area (Å²) in [5, 5.41) is 9.08. The van der Waals surface area contributed by atoms with Crippen LogP contribution in [0.3, 0.4) is 0 Å². The lowest BCUT2D eigenvalue weighted by Gasteiger charge is -2.37. The van der Waals surface area contributed by atoms with Gasteiger partial charge < -0.3 is 4.90 Å². The molecule has 0 aliphatic carbocycles. The summed E-state index contributed by atoms with van der Waals surface area (Å²) in [7, 11) is 0. The summed E-state index contributed by atoms with van der Waals surface area (Å²) >= 11 is 0. The SMILES string of the molecule is C=C/C=C\C1=C(C)C(CCC)N(C(=O)/C(C#N)=C/C)CC1. The molecule has 1 amide bonds. The molecule has 1 aliphatic heterocycles. The van der Waals surface area contributed by atoms with E-state index >= 15 is 0 Å². The molecule has 3 heteroatoms. The van der Waals surface area contributed by atoms with E-state index in [9.17, 15) is 4.79 Å². The molecule has 0 aromatic carbocycles. The molecule has 1 aliphatic rings. The van der Waals surface area contributed by atoms with Crippen molar-refractivity contribution in [1.82, 2.24) is 4.90 Å². The molecule has 0 saturated heterocycles. The Morgan fingerprint density at radius 1 is 1.57 bits per heavy atom. The fourth-order valence-corrected chi connectivity index (χ4v) is 2.72. The third-order valence-corrected chi connectivity index (χ3v) is 3.90. The van der Waals surface area contributed by atoms with Gasteiger partial charge in [-0.25, -0.2) is 0 Å². The van der Waals surface area contributed by atoms with E-state index < -0.39 is 0 Å². The molecule has 0 saturated carbocycles. The average molecular weight is 284 g/mol. The number of carbonyl (C=O) groups excluding carboxylic acids is 1. The number of nitrogens with zero attached hydrogens (tertiary/aromatic N) is 2. The number of allylic oxidation sites excluding steroid dienone is 4. The van der Waals surface area contributed by atoms with Crippen LogP contribution in [0.4, 0.5) is 0 Å². The fourth-order valence-electron chi connectivity index (χ4n) is 2.72. The molecule has 21 heavy (non-hydrogen) atoms. The molecule has 0 spiro atoms. The Kier molecular flexibility index (Phi) is 6.68. The summed E-state index contributed by atoms with van der Waals surface area (Å²) in [5.74, 6) is -0.149. The van der Waals surface area contributed by atoms with Crippen molar-refractivity contribution in [3.05, 3.63) is 47.6 Å². The van der Waals surface area contributed by atoms with Gasteiger partial charge in [-0.3, -0.25) is 4.79 Å². The van der Waals surface area contributed by atoms with E-state index in [-0.39, 0.29) is 17.5 Å². The first-order chi connectivity index (χ1) is 10.1. The number of hydrogen-bond donors (Lipinski definition) is 0. The smallest absolute Gasteiger partial charge is 0.264 e. The lowest BCUT2D eigenvalue weighted by molar-refractivity contribution is -0.128. The van der Waals surface area contributed by atoms with Gasteiger partial charge in [0.25, 0.3) is 5.91 Å². The lowest BCUT2D eigenvalue weighted by Crippen LogP contribution is -2.45. The Hall–Kier alpha value is -2.08. The quantitative estimate of drug-likeness (QED) is 0.436. The largest absolute Gasteiger partial charge is 0.331 e. The fraction of sp³-hybridized carbons (Fsp3) is 0.444. The van der Waals surface area contributed by atoms with Crippen molar-refractivity contribution in [1.29, 1.82) is 5.26 Å². The van der Waals surface area contributed by atoms with E-state index in [1.165, 1.54) is 11.1 Å². The predicted molar refractivity (Wildman–Crippen MR) is 86.4 cm³/mol. The van der Waals surface area contributed by atoms with Crippen LogP contribution in [0.5, 0.6) is 0 Å². The normalized spacial score (nSPS) is 19.8. The van der Waals surface area contributed by atoms with Gasteiger partial charge >= 0.3 is 0 Å². The summed E-state index contributed by atoms with van der Waals surface area (Å²) in [5.41, 5.74) is 2.73. The molecule has 0 radical (unpaired) electrons. The Morgan fingerprint density at radius 3 is 2.81 bits per heavy atom. The summed E-state index contributed by atoms with van der Waals surface area (Å²) < 4.78 is 0. The zero-order valence-electron chi connectivity index (χ0n) is 13.2. The van der Waals surface area contributed by atoms with Crippen molar-refractivity contribution in [2.24, 2.45) is 0 Å². The van der Waals surface area contributed by atoms with Crippen molar-refractivity contribution < 1.29 is 4.79 Å². The lowest BCUT2D eigenvalue weighted by atomic mass is 9.90. The van der Waals surface area contributed by atoms with Gasteiger partial charge in [0.1, 0.15) is 11.6 Å². The van der Waals surface area contributed by atoms with Crippen molar-refractivity contribution in [2.45, 2.75) is 46.1 Å². The topological polar surface area (TPSA) is 44.1 Å². The van der Waals surface area contributed by atoms with Crippen LogP contribution in [-0.4, -0.2) is 23.4 Å². The van der Waals surface area contributed by atoms with E-state index in [0.29, 0.717) is 6.54 Å². The van der Waals surface area contributed by atoms with Gasteiger partial charge in [0.05, 0.1) is 6.04 Å². The highest BCUT2D eigenvalue weighted by Crippen LogP contribution is 2.28. The van der Waals surface area contributed by atoms with Gasteiger partial charge in [0.15, 0.2) is 0 Å². The summed E-state index contributed by atoms with van der Waals surface area (Å²) in [6, 6.07) is 2.09. The summed E-state index contributed by atoms with van der Waals surface area (Å²) in [4.78, 5) is 14.3. The van der Waals surface area contributed by atoms with Gasteiger partial charge in [0.2, 0.25) is 0 Å². The highest BCUT2D eigenvalue weighted by molar-refractivity contribution is 5.97. The standard InChI is InChI=1S/C18H24N2O/c1-5-8-10-16-11-12-20(17(9-6-2)14(16)4)18(21)15(7-3)13-19/h5,7-8,10,17H,1,6,9,11-12H2,2-4H3/b10-8-,15-7+. The maximum Gasteiger partial charge on any atom is 0.264 e. The third-order valence-electron chi connectivity index (χ3n) is 3.90. The van der Waals surface area contributed by atoms with Crippen LogP contribution >= 0.6 is 0 Å². The van der Waals surface area contributed by atoms with Crippen LogP contribution in [0.1, 0.15) is 40.0 Å². The molecule has 3 nitrogen and oxygen atoms in total. The van der Waals surface area contributed by atoms with Crippen molar-refractivity contribution >= 4 is 5.91 Å². The van der Waals surface area contributed by atoms with Gasteiger partial charge in [-0.15, -0.1) is 0 Å². The molecule has 112 valence electrons. The van der Waals surface area contributed by atoms with Gasteiger partial charge in [0, 0.05) is 6.54 Å². The average Bonchev–Trinajstić information content (AvgIpc) is 2.49. The molecule has 0 aromatic rings. The Morgan fingerprint density at radius 2 is 2.29 bits per heavy atom. The molecular weight excluding hydrogens is 260 g/mol. The second-order valence-electron chi connectivity index (χ2n) is 5.17. The van der Waals surface area contributed by atoms with Crippen molar-refractivity contribution in [3.8, 4) is 6.07 Å². The second-order valence-corrected chi connectivity index (χ2v) is 5.17. The van der Waals surface area contributed by atoms with E-state index in [2.05, 4.69) is 26.5 Å². The zero-order valence-corrected chi connectivity index (χ0v) is 13.2. The molecule has 0 fully saturated rings. The number of amides is 1. The van der Waals surface area contributed by atoms with E-state index in [1.807, 2.05) is 17.0 Å². The summed E-state index contributed by atoms with van der Waals surface area (Å²) in [6.45, 7) is 10.3. The number of hydrogen-bond acceptors (Lipinski definition) is 2. The number of rotatable bonds is 5. The molecule has 0 N–H and O–H groups in total. The first-order valence-corrected chi connectivity index (χ1v) is 7.46. The second kappa shape index (κ2) is 8.26. The minimum absolute atomic E-state index is 0.0871. The highest BCUT2D eigenvalue weighted by Gasteiger charge is 2.30. The third kappa shape index (κ3) is 3.95. The van der Waals surface area contributed by atoms with Crippen molar-refractivity contribution in [2.75, 3.05) is 6.54 Å². The summed E-state index contributed by atoms with van der Waals surface area (Å²) in [6.07, 6.45) is 10.1. The van der Waals surface area contributed by atoms with Crippen LogP contribution in [-0.2, 0) is 4.79 Å². The monoisotopic (exact) mass is 284 g/mol. The van der Waals surface area contributed by atoms with Crippen molar-refractivity contribution in [3.63, 3.8) is 0 Å². The minimum atomic E-state index is -0.149. The number of carbonyl (C=O) groups is 1. The minimum Gasteiger partial charge on any atom is -0.331 e.